The molecule has 2 amide bonds. The number of hydrogen-bond acceptors (Lipinski definition) is 3. The molecule has 3 aliphatic rings. The van der Waals surface area contributed by atoms with Gasteiger partial charge in [-0.2, -0.15) is 0 Å². The number of carbonyl (C=O) groups is 2. The average Bonchev–Trinajstić information content (AvgIpc) is 3.20. The number of piperidine rings is 2. The average molecular weight is 355 g/mol. The molecule has 0 saturated carbocycles. The molecule has 5 nitrogen and oxygen atoms in total. The Labute approximate surface area is 155 Å². The fourth-order valence-corrected chi connectivity index (χ4v) is 4.85. The highest BCUT2D eigenvalue weighted by Crippen LogP contribution is 2.40. The Bertz CT molecular complexity index is 671. The van der Waals surface area contributed by atoms with E-state index < -0.39 is 0 Å². The first-order chi connectivity index (χ1) is 12.6. The van der Waals surface area contributed by atoms with Gasteiger partial charge in [0, 0.05) is 45.2 Å². The summed E-state index contributed by atoms with van der Waals surface area (Å²) in [4.78, 5) is 28.5. The maximum Gasteiger partial charge on any atom is 0.253 e. The molecule has 5 heteroatoms. The molecule has 1 N–H and O–H groups in total. The third-order valence-electron chi connectivity index (χ3n) is 6.67. The molecular weight excluding hydrogens is 326 g/mol. The highest BCUT2D eigenvalue weighted by atomic mass is 16.2. The van der Waals surface area contributed by atoms with Crippen molar-refractivity contribution in [1.29, 1.82) is 0 Å². The van der Waals surface area contributed by atoms with Crippen molar-refractivity contribution in [3.63, 3.8) is 0 Å². The first kappa shape index (κ1) is 17.5. The number of nitrogens with one attached hydrogen (secondary N) is 1. The summed E-state index contributed by atoms with van der Waals surface area (Å²) in [5.74, 6) is 0.989. The monoisotopic (exact) mass is 355 g/mol. The molecule has 26 heavy (non-hydrogen) atoms. The Balaban J connectivity index is 1.37. The van der Waals surface area contributed by atoms with E-state index >= 15 is 0 Å². The second-order valence-electron chi connectivity index (χ2n) is 8.35. The topological polar surface area (TPSA) is 52.7 Å². The van der Waals surface area contributed by atoms with Crippen LogP contribution in [0.3, 0.4) is 0 Å². The van der Waals surface area contributed by atoms with E-state index in [0.717, 1.165) is 57.5 Å². The summed E-state index contributed by atoms with van der Waals surface area (Å²) in [5.41, 5.74) is 2.35. The van der Waals surface area contributed by atoms with E-state index in [4.69, 9.17) is 0 Å². The van der Waals surface area contributed by atoms with Crippen LogP contribution in [0.25, 0.3) is 0 Å². The van der Waals surface area contributed by atoms with Gasteiger partial charge < -0.3 is 15.1 Å². The molecule has 0 aromatic heterocycles. The van der Waals surface area contributed by atoms with E-state index in [9.17, 15) is 9.59 Å². The van der Waals surface area contributed by atoms with Crippen LogP contribution in [0.2, 0.25) is 0 Å². The Kier molecular flexibility index (Phi) is 4.74. The summed E-state index contributed by atoms with van der Waals surface area (Å²) >= 11 is 0. The summed E-state index contributed by atoms with van der Waals surface area (Å²) in [6.45, 7) is 4.57. The molecule has 3 fully saturated rings. The van der Waals surface area contributed by atoms with Crippen LogP contribution in [0.4, 0.5) is 0 Å². The molecule has 1 spiro atoms. The van der Waals surface area contributed by atoms with Crippen molar-refractivity contribution in [3.8, 4) is 0 Å². The maximum atomic E-state index is 12.9. The van der Waals surface area contributed by atoms with E-state index in [1.165, 1.54) is 12.0 Å². The Morgan fingerprint density at radius 3 is 2.50 bits per heavy atom. The zero-order chi connectivity index (χ0) is 18.1. The van der Waals surface area contributed by atoms with Gasteiger partial charge in [-0.05, 0) is 61.3 Å². The molecule has 4 rings (SSSR count). The van der Waals surface area contributed by atoms with Crippen LogP contribution in [0, 0.1) is 5.41 Å². The van der Waals surface area contributed by atoms with Crippen LogP contribution < -0.4 is 5.32 Å². The zero-order valence-corrected chi connectivity index (χ0v) is 15.7. The summed E-state index contributed by atoms with van der Waals surface area (Å²) in [5, 5.41) is 3.39. The quantitative estimate of drug-likeness (QED) is 0.885. The van der Waals surface area contributed by atoms with Crippen molar-refractivity contribution >= 4 is 11.8 Å². The van der Waals surface area contributed by atoms with Crippen molar-refractivity contribution < 1.29 is 9.59 Å². The lowest BCUT2D eigenvalue weighted by atomic mass is 9.72. The van der Waals surface area contributed by atoms with E-state index in [2.05, 4.69) is 17.4 Å². The number of benzene rings is 1. The van der Waals surface area contributed by atoms with Crippen molar-refractivity contribution in [2.45, 2.75) is 38.0 Å². The molecule has 0 radical (unpaired) electrons. The second kappa shape index (κ2) is 7.03. The molecule has 1 aromatic rings. The number of rotatable bonds is 2. The van der Waals surface area contributed by atoms with Crippen molar-refractivity contribution in [3.05, 3.63) is 35.4 Å². The molecule has 1 unspecified atom stereocenters. The molecule has 0 bridgehead atoms. The fourth-order valence-electron chi connectivity index (χ4n) is 4.85. The van der Waals surface area contributed by atoms with E-state index in [0.29, 0.717) is 12.3 Å². The lowest BCUT2D eigenvalue weighted by molar-refractivity contribution is -0.137. The van der Waals surface area contributed by atoms with E-state index in [1.807, 2.05) is 29.0 Å². The van der Waals surface area contributed by atoms with Gasteiger partial charge in [0.1, 0.15) is 0 Å². The van der Waals surface area contributed by atoms with Crippen molar-refractivity contribution in [1.82, 2.24) is 15.1 Å². The number of hydrogen-bond donors (Lipinski definition) is 1. The molecule has 1 atom stereocenters. The zero-order valence-electron chi connectivity index (χ0n) is 15.7. The predicted octanol–water partition coefficient (Wildman–Crippen LogP) is 2.24. The number of amides is 2. The number of nitrogens with zero attached hydrogens (tertiary/aromatic N) is 2. The summed E-state index contributed by atoms with van der Waals surface area (Å²) in [6.07, 6.45) is 4.81. The minimum absolute atomic E-state index is 0.149. The Hall–Kier alpha value is -1.88. The molecule has 1 aromatic carbocycles. The normalized spacial score (nSPS) is 25.7. The van der Waals surface area contributed by atoms with Gasteiger partial charge in [-0.1, -0.05) is 12.1 Å². The SMILES string of the molecule is CN1CC2(CCC1=O)CCN(C(=O)c1ccc(C3CCNC3)cc1)CC2. The molecular formula is C21H29N3O2. The Morgan fingerprint density at radius 1 is 1.15 bits per heavy atom. The van der Waals surface area contributed by atoms with Gasteiger partial charge in [-0.3, -0.25) is 9.59 Å². The van der Waals surface area contributed by atoms with Crippen LogP contribution in [0.5, 0.6) is 0 Å². The molecule has 3 heterocycles. The summed E-state index contributed by atoms with van der Waals surface area (Å²) in [7, 11) is 1.90. The van der Waals surface area contributed by atoms with Gasteiger partial charge in [0.15, 0.2) is 0 Å². The summed E-state index contributed by atoms with van der Waals surface area (Å²) in [6, 6.07) is 8.23. The van der Waals surface area contributed by atoms with Crippen LogP contribution in [-0.2, 0) is 4.79 Å². The van der Waals surface area contributed by atoms with E-state index in [1.54, 1.807) is 0 Å². The second-order valence-corrected chi connectivity index (χ2v) is 8.35. The molecule has 3 aliphatic heterocycles. The van der Waals surface area contributed by atoms with Gasteiger partial charge in [0.25, 0.3) is 5.91 Å². The molecule has 0 aliphatic carbocycles. The van der Waals surface area contributed by atoms with Crippen molar-refractivity contribution in [2.75, 3.05) is 39.8 Å². The van der Waals surface area contributed by atoms with Crippen LogP contribution in [0.1, 0.15) is 53.9 Å². The maximum absolute atomic E-state index is 12.9. The van der Waals surface area contributed by atoms with Gasteiger partial charge in [0.2, 0.25) is 5.91 Å². The first-order valence-electron chi connectivity index (χ1n) is 9.90. The Morgan fingerprint density at radius 2 is 1.88 bits per heavy atom. The largest absolute Gasteiger partial charge is 0.345 e. The highest BCUT2D eigenvalue weighted by Gasteiger charge is 2.40. The van der Waals surface area contributed by atoms with Gasteiger partial charge >= 0.3 is 0 Å². The minimum Gasteiger partial charge on any atom is -0.345 e. The highest BCUT2D eigenvalue weighted by molar-refractivity contribution is 5.94. The van der Waals surface area contributed by atoms with Crippen LogP contribution in [-0.4, -0.2) is 61.4 Å². The molecule has 140 valence electrons. The van der Waals surface area contributed by atoms with Crippen LogP contribution >= 0.6 is 0 Å². The van der Waals surface area contributed by atoms with E-state index in [-0.39, 0.29) is 17.2 Å². The molecule has 3 saturated heterocycles. The van der Waals surface area contributed by atoms with Gasteiger partial charge in [0.05, 0.1) is 0 Å². The van der Waals surface area contributed by atoms with Crippen molar-refractivity contribution in [2.24, 2.45) is 5.41 Å². The third-order valence-corrected chi connectivity index (χ3v) is 6.67. The standard InChI is InChI=1S/C21H29N3O2/c1-23-15-21(8-6-19(23)25)9-12-24(13-10-21)20(26)17-4-2-16(3-5-17)18-7-11-22-14-18/h2-5,18,22H,6-15H2,1H3. The number of carbonyl (C=O) groups excluding carboxylic acids is 2. The first-order valence-corrected chi connectivity index (χ1v) is 9.90. The lowest BCUT2D eigenvalue weighted by Crippen LogP contribution is -2.51. The summed E-state index contributed by atoms with van der Waals surface area (Å²) < 4.78 is 0. The van der Waals surface area contributed by atoms with Crippen LogP contribution in [0.15, 0.2) is 24.3 Å². The van der Waals surface area contributed by atoms with Gasteiger partial charge in [-0.15, -0.1) is 0 Å². The van der Waals surface area contributed by atoms with Gasteiger partial charge in [-0.25, -0.2) is 0 Å². The number of likely N-dealkylation sites (tertiary alicyclic amines) is 2. The lowest BCUT2D eigenvalue weighted by Gasteiger charge is -2.46. The minimum atomic E-state index is 0.149. The third kappa shape index (κ3) is 3.37. The fraction of sp³-hybridized carbons (Fsp3) is 0.619. The smallest absolute Gasteiger partial charge is 0.253 e. The predicted molar refractivity (Wildman–Crippen MR) is 101 cm³/mol.